The van der Waals surface area contributed by atoms with Crippen LogP contribution in [0.4, 0.5) is 11.5 Å². The lowest BCUT2D eigenvalue weighted by molar-refractivity contribution is 0.0995. The molecule has 0 aromatic carbocycles. The number of primary amides is 1. The van der Waals surface area contributed by atoms with E-state index in [9.17, 15) is 15.0 Å². The van der Waals surface area contributed by atoms with Crippen molar-refractivity contribution in [1.82, 2.24) is 19.7 Å². The van der Waals surface area contributed by atoms with Crippen LogP contribution in [-0.4, -0.2) is 55.1 Å². The van der Waals surface area contributed by atoms with Crippen LogP contribution in [0.15, 0.2) is 35.2 Å². The molecule has 1 unspecified atom stereocenters. The number of amides is 1. The molecule has 1 saturated heterocycles. The van der Waals surface area contributed by atoms with E-state index >= 15 is 0 Å². The largest absolute Gasteiger partial charge is 0.444 e. The molecule has 4 rings (SSSR count). The number of piperidine rings is 1. The normalized spacial score (nSPS) is 15.9. The summed E-state index contributed by atoms with van der Waals surface area (Å²) in [5.41, 5.74) is 6.57. The summed E-state index contributed by atoms with van der Waals surface area (Å²) in [5.74, 6) is 0.396. The van der Waals surface area contributed by atoms with E-state index in [1.165, 1.54) is 17.1 Å². The Hall–Kier alpha value is -3.44. The van der Waals surface area contributed by atoms with Crippen molar-refractivity contribution < 1.29 is 19.4 Å². The molecule has 11 heteroatoms. The molecule has 1 atom stereocenters. The number of aryl methyl sites for hydroxylation is 1. The highest BCUT2D eigenvalue weighted by atomic mass is 16.3. The average molecular weight is 413 g/mol. The van der Waals surface area contributed by atoms with Crippen LogP contribution in [-0.2, 0) is 7.05 Å². The number of carbonyl (C=O) groups is 1. The molecule has 5 N–H and O–H groups in total. The number of nitrogens with zero attached hydrogens (tertiary/aromatic N) is 5. The van der Waals surface area contributed by atoms with Gasteiger partial charge in [0, 0.05) is 38.1 Å². The number of nitrogens with one attached hydrogen (secondary N) is 1. The molecule has 0 spiro atoms. The van der Waals surface area contributed by atoms with E-state index in [-0.39, 0.29) is 17.5 Å². The Labute approximate surface area is 172 Å². The number of anilines is 2. The standard InChI is InChI=1S/C19H23N7O4/c1-25-9-13(16(24-25)17(20)28)22-18(29)14-10-30-19(23-14)11-2-5-21-15(8-11)26-6-3-12(27)4-7-26/h2,5,8-10,12,18,22,27,29H,3-4,6-7H2,1H3,(H2,20,28). The van der Waals surface area contributed by atoms with Crippen molar-refractivity contribution in [3.63, 3.8) is 0 Å². The molecule has 3 aromatic rings. The molecule has 1 aliphatic heterocycles. The number of aliphatic hydroxyl groups is 2. The van der Waals surface area contributed by atoms with Gasteiger partial charge >= 0.3 is 0 Å². The Morgan fingerprint density at radius 2 is 2.17 bits per heavy atom. The van der Waals surface area contributed by atoms with Crippen LogP contribution in [0, 0.1) is 0 Å². The summed E-state index contributed by atoms with van der Waals surface area (Å²) in [5, 5.41) is 26.9. The van der Waals surface area contributed by atoms with Crippen molar-refractivity contribution in [1.29, 1.82) is 0 Å². The second-order valence-corrected chi connectivity index (χ2v) is 7.17. The minimum Gasteiger partial charge on any atom is -0.444 e. The quantitative estimate of drug-likeness (QED) is 0.426. The first-order chi connectivity index (χ1) is 14.4. The van der Waals surface area contributed by atoms with Gasteiger partial charge in [0.15, 0.2) is 11.9 Å². The highest BCUT2D eigenvalue weighted by Gasteiger charge is 2.21. The van der Waals surface area contributed by atoms with Crippen LogP contribution in [0.2, 0.25) is 0 Å². The summed E-state index contributed by atoms with van der Waals surface area (Å²) >= 11 is 0. The molecule has 4 heterocycles. The van der Waals surface area contributed by atoms with Crippen LogP contribution < -0.4 is 16.0 Å². The van der Waals surface area contributed by atoms with Crippen molar-refractivity contribution in [3.8, 4) is 11.5 Å². The van der Waals surface area contributed by atoms with Crippen LogP contribution in [0.1, 0.15) is 35.3 Å². The van der Waals surface area contributed by atoms with Crippen molar-refractivity contribution >= 4 is 17.4 Å². The minimum atomic E-state index is -1.23. The van der Waals surface area contributed by atoms with Gasteiger partial charge in [0.1, 0.15) is 17.8 Å². The van der Waals surface area contributed by atoms with E-state index in [1.54, 1.807) is 19.3 Å². The molecule has 0 radical (unpaired) electrons. The van der Waals surface area contributed by atoms with Crippen LogP contribution >= 0.6 is 0 Å². The summed E-state index contributed by atoms with van der Waals surface area (Å²) in [4.78, 5) is 22.3. The molecule has 1 amide bonds. The number of pyridine rings is 1. The summed E-state index contributed by atoms with van der Waals surface area (Å²) in [6, 6.07) is 3.63. The zero-order valence-corrected chi connectivity index (χ0v) is 16.4. The highest BCUT2D eigenvalue weighted by molar-refractivity contribution is 5.96. The fourth-order valence-corrected chi connectivity index (χ4v) is 3.36. The summed E-state index contributed by atoms with van der Waals surface area (Å²) in [6.45, 7) is 1.45. The number of aromatic nitrogens is 4. The first kappa shape index (κ1) is 19.9. The highest BCUT2D eigenvalue weighted by Crippen LogP contribution is 2.27. The number of hydrogen-bond acceptors (Lipinski definition) is 9. The van der Waals surface area contributed by atoms with Gasteiger partial charge in [-0.2, -0.15) is 5.10 Å². The van der Waals surface area contributed by atoms with E-state index in [4.69, 9.17) is 10.2 Å². The summed E-state index contributed by atoms with van der Waals surface area (Å²) in [6.07, 6.45) is 4.46. The lowest BCUT2D eigenvalue weighted by atomic mass is 10.1. The van der Waals surface area contributed by atoms with Crippen molar-refractivity contribution in [2.24, 2.45) is 12.8 Å². The van der Waals surface area contributed by atoms with Crippen LogP contribution in [0.3, 0.4) is 0 Å². The van der Waals surface area contributed by atoms with Crippen LogP contribution in [0.25, 0.3) is 11.5 Å². The number of nitrogens with two attached hydrogens (primary N) is 1. The Morgan fingerprint density at radius 3 is 2.90 bits per heavy atom. The summed E-state index contributed by atoms with van der Waals surface area (Å²) in [7, 11) is 1.64. The average Bonchev–Trinajstić information content (AvgIpc) is 3.36. The SMILES string of the molecule is Cn1cc(NC(O)c2coc(-c3ccnc(N4CCC(O)CC4)c3)n2)c(C(N)=O)n1. The number of carbonyl (C=O) groups excluding carboxylic acids is 1. The smallest absolute Gasteiger partial charge is 0.271 e. The molecule has 0 saturated carbocycles. The van der Waals surface area contributed by atoms with Gasteiger partial charge in [-0.25, -0.2) is 9.97 Å². The van der Waals surface area contributed by atoms with E-state index in [2.05, 4.69) is 25.3 Å². The van der Waals surface area contributed by atoms with Gasteiger partial charge in [-0.1, -0.05) is 0 Å². The minimum absolute atomic E-state index is 0.0192. The number of hydrogen-bond donors (Lipinski definition) is 4. The first-order valence-electron chi connectivity index (χ1n) is 9.53. The zero-order chi connectivity index (χ0) is 21.3. The van der Waals surface area contributed by atoms with E-state index in [1.807, 2.05) is 6.07 Å². The van der Waals surface area contributed by atoms with Gasteiger partial charge in [0.2, 0.25) is 5.89 Å². The molecule has 3 aromatic heterocycles. The Bertz CT molecular complexity index is 1040. The van der Waals surface area contributed by atoms with E-state index in [0.717, 1.165) is 18.9 Å². The fraction of sp³-hybridized carbons (Fsp3) is 0.368. The van der Waals surface area contributed by atoms with Gasteiger partial charge < -0.3 is 30.6 Å². The monoisotopic (exact) mass is 413 g/mol. The predicted octanol–water partition coefficient (Wildman–Crippen LogP) is 0.633. The number of oxazole rings is 1. The first-order valence-corrected chi connectivity index (χ1v) is 9.53. The molecule has 1 fully saturated rings. The molecule has 11 nitrogen and oxygen atoms in total. The number of rotatable bonds is 6. The van der Waals surface area contributed by atoms with E-state index in [0.29, 0.717) is 30.0 Å². The van der Waals surface area contributed by atoms with Gasteiger partial charge in [0.05, 0.1) is 11.8 Å². The van der Waals surface area contributed by atoms with Crippen molar-refractivity contribution in [2.75, 3.05) is 23.3 Å². The third-order valence-electron chi connectivity index (χ3n) is 4.94. The topological polar surface area (TPSA) is 156 Å². The molecule has 0 aliphatic carbocycles. The van der Waals surface area contributed by atoms with Gasteiger partial charge in [-0.15, -0.1) is 0 Å². The second-order valence-electron chi connectivity index (χ2n) is 7.17. The number of aliphatic hydroxyl groups excluding tert-OH is 2. The predicted molar refractivity (Wildman–Crippen MR) is 107 cm³/mol. The Kier molecular flexibility index (Phi) is 5.38. The van der Waals surface area contributed by atoms with Gasteiger partial charge in [-0.05, 0) is 25.0 Å². The fourth-order valence-electron chi connectivity index (χ4n) is 3.36. The molecule has 30 heavy (non-hydrogen) atoms. The van der Waals surface area contributed by atoms with Gasteiger partial charge in [0.25, 0.3) is 5.91 Å². The maximum atomic E-state index is 11.5. The third-order valence-corrected chi connectivity index (χ3v) is 4.94. The maximum Gasteiger partial charge on any atom is 0.271 e. The Morgan fingerprint density at radius 1 is 1.40 bits per heavy atom. The van der Waals surface area contributed by atoms with Crippen LogP contribution in [0.5, 0.6) is 0 Å². The second kappa shape index (κ2) is 8.13. The molecular weight excluding hydrogens is 390 g/mol. The molecule has 0 bridgehead atoms. The maximum absolute atomic E-state index is 11.5. The van der Waals surface area contributed by atoms with Crippen molar-refractivity contribution in [3.05, 3.63) is 42.2 Å². The molecular formula is C19H23N7O4. The molecule has 158 valence electrons. The zero-order valence-electron chi connectivity index (χ0n) is 16.4. The molecule has 1 aliphatic rings. The Balaban J connectivity index is 1.50. The van der Waals surface area contributed by atoms with Crippen molar-refractivity contribution in [2.45, 2.75) is 25.2 Å². The third kappa shape index (κ3) is 4.11. The summed E-state index contributed by atoms with van der Waals surface area (Å²) < 4.78 is 6.96. The van der Waals surface area contributed by atoms with Gasteiger partial charge in [-0.3, -0.25) is 9.48 Å². The lowest BCUT2D eigenvalue weighted by Crippen LogP contribution is -2.36. The van der Waals surface area contributed by atoms with E-state index < -0.39 is 12.1 Å². The lowest BCUT2D eigenvalue weighted by Gasteiger charge is -2.30.